The first kappa shape index (κ1) is 11.3. The number of carboxylic acid groups (broad SMARTS) is 1. The molecule has 0 bridgehead atoms. The highest BCUT2D eigenvalue weighted by molar-refractivity contribution is 5.68. The molecule has 0 saturated heterocycles. The third-order valence-corrected chi connectivity index (χ3v) is 2.47. The summed E-state index contributed by atoms with van der Waals surface area (Å²) in [4.78, 5) is 18.7. The third-order valence-electron chi connectivity index (χ3n) is 2.47. The van der Waals surface area contributed by atoms with Gasteiger partial charge >= 0.3 is 5.97 Å². The first-order valence-corrected chi connectivity index (χ1v) is 5.20. The molecule has 0 radical (unpaired) electrons. The minimum atomic E-state index is -0.823. The lowest BCUT2D eigenvalue weighted by molar-refractivity contribution is -0.136. The molecule has 6 heteroatoms. The number of aliphatic carboxylic acids is 1. The van der Waals surface area contributed by atoms with Crippen LogP contribution < -0.4 is 0 Å². The van der Waals surface area contributed by atoms with Gasteiger partial charge < -0.3 is 5.11 Å². The van der Waals surface area contributed by atoms with Crippen molar-refractivity contribution in [3.63, 3.8) is 0 Å². The van der Waals surface area contributed by atoms with E-state index in [0.29, 0.717) is 17.8 Å². The number of carbonyl (C=O) groups is 1. The van der Waals surface area contributed by atoms with E-state index in [1.807, 2.05) is 6.92 Å². The molecule has 0 atom stereocenters. The second-order valence-electron chi connectivity index (χ2n) is 3.66. The molecule has 0 spiro atoms. The predicted molar refractivity (Wildman–Crippen MR) is 60.3 cm³/mol. The van der Waals surface area contributed by atoms with Crippen LogP contribution in [-0.4, -0.2) is 31.2 Å². The van der Waals surface area contributed by atoms with E-state index in [2.05, 4.69) is 20.2 Å². The lowest BCUT2D eigenvalue weighted by Crippen LogP contribution is -1.99. The average Bonchev–Trinajstić information content (AvgIpc) is 2.69. The maximum absolute atomic E-state index is 10.6. The highest BCUT2D eigenvalue weighted by atomic mass is 16.4. The van der Waals surface area contributed by atoms with Gasteiger partial charge in [-0.1, -0.05) is 0 Å². The molecule has 6 nitrogen and oxygen atoms in total. The quantitative estimate of drug-likeness (QED) is 0.826. The molecule has 0 saturated carbocycles. The molecule has 0 aliphatic heterocycles. The number of carboxylic acids is 1. The number of H-pyrrole nitrogens is 1. The molecule has 0 aliphatic carbocycles. The summed E-state index contributed by atoms with van der Waals surface area (Å²) in [5, 5.41) is 15.7. The van der Waals surface area contributed by atoms with Crippen LogP contribution >= 0.6 is 0 Å². The molecule has 2 N–H and O–H groups in total. The molecule has 2 heterocycles. The SMILES string of the molecule is Cc1[nH]nc(-c2cnccn2)c1CCC(=O)O. The van der Waals surface area contributed by atoms with Gasteiger partial charge in [0.05, 0.1) is 6.20 Å². The molecule has 0 unspecified atom stereocenters. The van der Waals surface area contributed by atoms with Crippen molar-refractivity contribution < 1.29 is 9.90 Å². The monoisotopic (exact) mass is 232 g/mol. The first-order chi connectivity index (χ1) is 8.18. The zero-order chi connectivity index (χ0) is 12.3. The third kappa shape index (κ3) is 2.47. The van der Waals surface area contributed by atoms with Crippen molar-refractivity contribution in [3.8, 4) is 11.4 Å². The summed E-state index contributed by atoms with van der Waals surface area (Å²) in [6, 6.07) is 0. The summed E-state index contributed by atoms with van der Waals surface area (Å²) >= 11 is 0. The number of rotatable bonds is 4. The Labute approximate surface area is 97.7 Å². The van der Waals surface area contributed by atoms with Crippen molar-refractivity contribution in [1.29, 1.82) is 0 Å². The number of hydrogen-bond donors (Lipinski definition) is 2. The highest BCUT2D eigenvalue weighted by Gasteiger charge is 2.14. The van der Waals surface area contributed by atoms with Gasteiger partial charge in [-0.15, -0.1) is 0 Å². The second kappa shape index (κ2) is 4.73. The van der Waals surface area contributed by atoms with Gasteiger partial charge in [-0.2, -0.15) is 5.10 Å². The van der Waals surface area contributed by atoms with Crippen molar-refractivity contribution in [1.82, 2.24) is 20.2 Å². The largest absolute Gasteiger partial charge is 0.481 e. The fourth-order valence-electron chi connectivity index (χ4n) is 1.62. The summed E-state index contributed by atoms with van der Waals surface area (Å²) in [7, 11) is 0. The van der Waals surface area contributed by atoms with Crippen LogP contribution in [0.2, 0.25) is 0 Å². The molecule has 0 fully saturated rings. The summed E-state index contributed by atoms with van der Waals surface area (Å²) in [6.45, 7) is 1.87. The van der Waals surface area contributed by atoms with Gasteiger partial charge in [0.1, 0.15) is 11.4 Å². The van der Waals surface area contributed by atoms with Crippen LogP contribution in [0.1, 0.15) is 17.7 Å². The zero-order valence-corrected chi connectivity index (χ0v) is 9.34. The van der Waals surface area contributed by atoms with E-state index in [4.69, 9.17) is 5.11 Å². The molecular weight excluding hydrogens is 220 g/mol. The van der Waals surface area contributed by atoms with E-state index < -0.39 is 5.97 Å². The van der Waals surface area contributed by atoms with E-state index in [1.54, 1.807) is 18.6 Å². The Bertz CT molecular complexity index is 522. The first-order valence-electron chi connectivity index (χ1n) is 5.20. The minimum Gasteiger partial charge on any atom is -0.481 e. The Morgan fingerprint density at radius 3 is 2.94 bits per heavy atom. The maximum atomic E-state index is 10.6. The van der Waals surface area contributed by atoms with Crippen LogP contribution in [-0.2, 0) is 11.2 Å². The Hall–Kier alpha value is -2.24. The van der Waals surface area contributed by atoms with Crippen LogP contribution in [0, 0.1) is 6.92 Å². The van der Waals surface area contributed by atoms with Gasteiger partial charge in [0.25, 0.3) is 0 Å². The van der Waals surface area contributed by atoms with Crippen LogP contribution in [0.15, 0.2) is 18.6 Å². The zero-order valence-electron chi connectivity index (χ0n) is 9.34. The topological polar surface area (TPSA) is 91.8 Å². The van der Waals surface area contributed by atoms with E-state index >= 15 is 0 Å². The normalized spacial score (nSPS) is 10.4. The molecule has 17 heavy (non-hydrogen) atoms. The second-order valence-corrected chi connectivity index (χ2v) is 3.66. The summed E-state index contributed by atoms with van der Waals surface area (Å²) in [6.07, 6.45) is 5.29. The standard InChI is InChI=1S/C11H12N4O2/c1-7-8(2-3-10(16)17)11(15-14-7)9-6-12-4-5-13-9/h4-6H,2-3H2,1H3,(H,14,15)(H,16,17). The molecule has 0 amide bonds. The van der Waals surface area contributed by atoms with Gasteiger partial charge in [0.2, 0.25) is 0 Å². The van der Waals surface area contributed by atoms with Crippen molar-refractivity contribution in [2.24, 2.45) is 0 Å². The van der Waals surface area contributed by atoms with Crippen LogP contribution in [0.4, 0.5) is 0 Å². The van der Waals surface area contributed by atoms with E-state index in [1.165, 1.54) is 0 Å². The molecule has 88 valence electrons. The number of nitrogens with one attached hydrogen (secondary N) is 1. The Balaban J connectivity index is 2.32. The van der Waals surface area contributed by atoms with Crippen molar-refractivity contribution in [3.05, 3.63) is 29.8 Å². The smallest absolute Gasteiger partial charge is 0.303 e. The summed E-state index contributed by atoms with van der Waals surface area (Å²) in [5.41, 5.74) is 3.08. The van der Waals surface area contributed by atoms with Crippen molar-refractivity contribution in [2.45, 2.75) is 19.8 Å². The summed E-state index contributed by atoms with van der Waals surface area (Å²) < 4.78 is 0. The number of aryl methyl sites for hydroxylation is 1. The molecule has 2 rings (SSSR count). The lowest BCUT2D eigenvalue weighted by Gasteiger charge is -2.01. The van der Waals surface area contributed by atoms with Gasteiger partial charge in [0, 0.05) is 30.1 Å². The minimum absolute atomic E-state index is 0.0770. The molecule has 0 aliphatic rings. The number of aromatic nitrogens is 4. The van der Waals surface area contributed by atoms with Gasteiger partial charge in [-0.25, -0.2) is 0 Å². The Kier molecular flexibility index (Phi) is 3.13. The molecule has 2 aromatic rings. The number of hydrogen-bond acceptors (Lipinski definition) is 4. The fraction of sp³-hybridized carbons (Fsp3) is 0.273. The van der Waals surface area contributed by atoms with Crippen LogP contribution in [0.5, 0.6) is 0 Å². The predicted octanol–water partition coefficient (Wildman–Crippen LogP) is 1.19. The fourth-order valence-corrected chi connectivity index (χ4v) is 1.62. The van der Waals surface area contributed by atoms with E-state index in [0.717, 1.165) is 11.3 Å². The van der Waals surface area contributed by atoms with E-state index in [-0.39, 0.29) is 6.42 Å². The Morgan fingerprint density at radius 1 is 1.47 bits per heavy atom. The lowest BCUT2D eigenvalue weighted by atomic mass is 10.1. The van der Waals surface area contributed by atoms with Gasteiger partial charge in [-0.3, -0.25) is 19.9 Å². The van der Waals surface area contributed by atoms with Crippen molar-refractivity contribution in [2.75, 3.05) is 0 Å². The van der Waals surface area contributed by atoms with Crippen LogP contribution in [0.3, 0.4) is 0 Å². The van der Waals surface area contributed by atoms with Gasteiger partial charge in [0.15, 0.2) is 0 Å². The molecule has 2 aromatic heterocycles. The molecular formula is C11H12N4O2. The highest BCUT2D eigenvalue weighted by Crippen LogP contribution is 2.22. The average molecular weight is 232 g/mol. The van der Waals surface area contributed by atoms with Crippen molar-refractivity contribution >= 4 is 5.97 Å². The number of nitrogens with zero attached hydrogens (tertiary/aromatic N) is 3. The molecule has 0 aromatic carbocycles. The van der Waals surface area contributed by atoms with Crippen LogP contribution in [0.25, 0.3) is 11.4 Å². The summed E-state index contributed by atoms with van der Waals surface area (Å²) in [5.74, 6) is -0.823. The van der Waals surface area contributed by atoms with E-state index in [9.17, 15) is 4.79 Å². The maximum Gasteiger partial charge on any atom is 0.303 e. The Morgan fingerprint density at radius 2 is 2.29 bits per heavy atom. The number of aromatic amines is 1. The van der Waals surface area contributed by atoms with Gasteiger partial charge in [-0.05, 0) is 13.3 Å².